The van der Waals surface area contributed by atoms with Crippen LogP contribution in [-0.2, 0) is 4.79 Å². The van der Waals surface area contributed by atoms with Crippen molar-refractivity contribution >= 4 is 45.9 Å². The minimum atomic E-state index is -0.391. The number of carbonyl (C=O) groups excluding carboxylic acids is 3. The smallest absolute Gasteiger partial charge is 0.293 e. The van der Waals surface area contributed by atoms with Crippen LogP contribution in [0.3, 0.4) is 0 Å². The zero-order valence-corrected chi connectivity index (χ0v) is 25.2. The first-order valence-electron chi connectivity index (χ1n) is 14.0. The number of rotatable bonds is 8. The van der Waals surface area contributed by atoms with Crippen molar-refractivity contribution in [1.29, 1.82) is 0 Å². The highest BCUT2D eigenvalue weighted by molar-refractivity contribution is 8.18. The molecule has 3 aromatic carbocycles. The van der Waals surface area contributed by atoms with E-state index in [0.717, 1.165) is 39.0 Å². The standard InChI is InChI=1S/C34H29N5O4S/c1-21-9-13-25(14-10-21)39-31-30(22(2)37-39)27(20-28(36-31)24-7-5-4-6-8-24)32(40)35-17-18-38-33(41)29(44-34(38)42)19-23-11-15-26(43-3)16-12-23/h4-16,19-20H,17-18H2,1-3H3,(H,35,40)/b29-19+. The Morgan fingerprint density at radius 2 is 1.70 bits per heavy atom. The van der Waals surface area contributed by atoms with Crippen LogP contribution in [-0.4, -0.2) is 56.9 Å². The second-order valence-corrected chi connectivity index (χ2v) is 11.3. The third-order valence-electron chi connectivity index (χ3n) is 7.31. The van der Waals surface area contributed by atoms with E-state index in [1.807, 2.05) is 80.6 Å². The summed E-state index contributed by atoms with van der Waals surface area (Å²) >= 11 is 0.882. The minimum Gasteiger partial charge on any atom is -0.497 e. The summed E-state index contributed by atoms with van der Waals surface area (Å²) in [7, 11) is 1.58. The zero-order valence-electron chi connectivity index (χ0n) is 24.4. The number of ether oxygens (including phenoxy) is 1. The molecule has 1 saturated heterocycles. The van der Waals surface area contributed by atoms with Crippen LogP contribution >= 0.6 is 11.8 Å². The molecule has 0 bridgehead atoms. The van der Waals surface area contributed by atoms with E-state index in [0.29, 0.717) is 38.6 Å². The van der Waals surface area contributed by atoms with E-state index in [1.165, 1.54) is 0 Å². The molecule has 0 aliphatic carbocycles. The average molecular weight is 604 g/mol. The van der Waals surface area contributed by atoms with E-state index in [2.05, 4.69) is 5.32 Å². The van der Waals surface area contributed by atoms with Gasteiger partial charge in [0, 0.05) is 18.7 Å². The van der Waals surface area contributed by atoms with Crippen molar-refractivity contribution in [3.05, 3.63) is 112 Å². The number of amides is 3. The summed E-state index contributed by atoms with van der Waals surface area (Å²) in [5.74, 6) is -0.0362. The topological polar surface area (TPSA) is 106 Å². The number of carbonyl (C=O) groups is 3. The van der Waals surface area contributed by atoms with E-state index in [1.54, 1.807) is 36.1 Å². The number of thioether (sulfide) groups is 1. The highest BCUT2D eigenvalue weighted by atomic mass is 32.2. The van der Waals surface area contributed by atoms with Crippen LogP contribution < -0.4 is 10.1 Å². The molecule has 0 unspecified atom stereocenters. The van der Waals surface area contributed by atoms with Gasteiger partial charge >= 0.3 is 0 Å². The Kier molecular flexibility index (Phi) is 7.99. The van der Waals surface area contributed by atoms with E-state index in [-0.39, 0.29) is 24.2 Å². The van der Waals surface area contributed by atoms with Gasteiger partial charge in [-0.1, -0.05) is 60.2 Å². The SMILES string of the molecule is COc1ccc(/C=C2/SC(=O)N(CCNC(=O)c3cc(-c4ccccc4)nc4c3c(C)nn4-c3ccc(C)cc3)C2=O)cc1. The van der Waals surface area contributed by atoms with Crippen LogP contribution in [0.4, 0.5) is 4.79 Å². The van der Waals surface area contributed by atoms with Crippen molar-refractivity contribution in [2.24, 2.45) is 0 Å². The van der Waals surface area contributed by atoms with Crippen molar-refractivity contribution in [2.75, 3.05) is 20.2 Å². The molecule has 0 spiro atoms. The van der Waals surface area contributed by atoms with Gasteiger partial charge in [0.1, 0.15) is 5.75 Å². The van der Waals surface area contributed by atoms with E-state index in [4.69, 9.17) is 14.8 Å². The fourth-order valence-corrected chi connectivity index (χ4v) is 5.88. The maximum atomic E-state index is 13.7. The first kappa shape index (κ1) is 28.9. The summed E-state index contributed by atoms with van der Waals surface area (Å²) in [4.78, 5) is 45.8. The molecule has 2 aromatic heterocycles. The monoisotopic (exact) mass is 603 g/mol. The van der Waals surface area contributed by atoms with E-state index >= 15 is 0 Å². The number of methoxy groups -OCH3 is 1. The zero-order chi connectivity index (χ0) is 30.8. The van der Waals surface area contributed by atoms with Crippen LogP contribution in [0.15, 0.2) is 89.8 Å². The Morgan fingerprint density at radius 1 is 0.977 bits per heavy atom. The van der Waals surface area contributed by atoms with Crippen LogP contribution in [0.25, 0.3) is 34.1 Å². The fourth-order valence-electron chi connectivity index (χ4n) is 5.01. The number of nitrogens with one attached hydrogen (secondary N) is 1. The second-order valence-electron chi connectivity index (χ2n) is 10.3. The summed E-state index contributed by atoms with van der Waals surface area (Å²) in [5, 5.41) is 7.91. The van der Waals surface area contributed by atoms with Gasteiger partial charge in [-0.3, -0.25) is 19.3 Å². The molecule has 0 radical (unpaired) electrons. The first-order chi connectivity index (χ1) is 21.3. The normalized spacial score (nSPS) is 14.1. The largest absolute Gasteiger partial charge is 0.497 e. The summed E-state index contributed by atoms with van der Waals surface area (Å²) < 4.78 is 6.93. The molecular formula is C34H29N5O4S. The molecule has 0 atom stereocenters. The third kappa shape index (κ3) is 5.71. The predicted molar refractivity (Wildman–Crippen MR) is 172 cm³/mol. The van der Waals surface area contributed by atoms with Gasteiger partial charge in [-0.2, -0.15) is 5.10 Å². The molecule has 3 amide bonds. The minimum absolute atomic E-state index is 0.0394. The predicted octanol–water partition coefficient (Wildman–Crippen LogP) is 6.18. The molecule has 10 heteroatoms. The summed E-state index contributed by atoms with van der Waals surface area (Å²) in [6, 6.07) is 26.6. The molecule has 0 saturated carbocycles. The Hall–Kier alpha value is -5.22. The Labute approximate surface area is 258 Å². The van der Waals surface area contributed by atoms with Crippen molar-refractivity contribution in [3.8, 4) is 22.7 Å². The molecule has 1 N–H and O–H groups in total. The number of nitrogens with zero attached hydrogens (tertiary/aromatic N) is 4. The molecule has 1 fully saturated rings. The van der Waals surface area contributed by atoms with Gasteiger partial charge in [-0.15, -0.1) is 0 Å². The van der Waals surface area contributed by atoms with Crippen molar-refractivity contribution in [1.82, 2.24) is 25.0 Å². The summed E-state index contributed by atoms with van der Waals surface area (Å²) in [6.07, 6.45) is 1.68. The molecule has 220 valence electrons. The van der Waals surface area contributed by atoms with E-state index < -0.39 is 5.91 Å². The van der Waals surface area contributed by atoms with Gasteiger partial charge in [0.2, 0.25) is 0 Å². The van der Waals surface area contributed by atoms with Crippen LogP contribution in [0, 0.1) is 13.8 Å². The van der Waals surface area contributed by atoms with Crippen molar-refractivity contribution < 1.29 is 19.1 Å². The second kappa shape index (κ2) is 12.2. The number of hydrogen-bond donors (Lipinski definition) is 1. The Bertz CT molecular complexity index is 1920. The van der Waals surface area contributed by atoms with E-state index in [9.17, 15) is 14.4 Å². The Balaban J connectivity index is 1.25. The lowest BCUT2D eigenvalue weighted by Crippen LogP contribution is -2.37. The molecule has 9 nitrogen and oxygen atoms in total. The lowest BCUT2D eigenvalue weighted by Gasteiger charge is -2.14. The van der Waals surface area contributed by atoms with Crippen molar-refractivity contribution in [2.45, 2.75) is 13.8 Å². The van der Waals surface area contributed by atoms with Crippen LogP contribution in [0.2, 0.25) is 0 Å². The number of hydrogen-bond acceptors (Lipinski definition) is 7. The molecule has 5 aromatic rings. The maximum absolute atomic E-state index is 13.7. The lowest BCUT2D eigenvalue weighted by atomic mass is 10.0. The van der Waals surface area contributed by atoms with Crippen molar-refractivity contribution in [3.63, 3.8) is 0 Å². The van der Waals surface area contributed by atoms with Gasteiger partial charge in [0.25, 0.3) is 17.1 Å². The van der Waals surface area contributed by atoms with Gasteiger partial charge in [-0.25, -0.2) is 9.67 Å². The molecule has 44 heavy (non-hydrogen) atoms. The first-order valence-corrected chi connectivity index (χ1v) is 14.8. The highest BCUT2D eigenvalue weighted by Crippen LogP contribution is 2.32. The maximum Gasteiger partial charge on any atom is 0.293 e. The summed E-state index contributed by atoms with van der Waals surface area (Å²) in [5.41, 5.74) is 5.86. The molecule has 1 aliphatic heterocycles. The quantitative estimate of drug-likeness (QED) is 0.211. The molecule has 6 rings (SSSR count). The Morgan fingerprint density at radius 3 is 2.41 bits per heavy atom. The summed E-state index contributed by atoms with van der Waals surface area (Å²) in [6.45, 7) is 3.99. The number of benzene rings is 3. The fraction of sp³-hybridized carbons (Fsp3) is 0.147. The van der Waals surface area contributed by atoms with Crippen LogP contribution in [0.1, 0.15) is 27.2 Å². The van der Waals surface area contributed by atoms with Gasteiger partial charge in [-0.05, 0) is 67.6 Å². The number of imide groups is 1. The molecular weight excluding hydrogens is 574 g/mol. The van der Waals surface area contributed by atoms with Gasteiger partial charge in [0.05, 0.1) is 40.0 Å². The third-order valence-corrected chi connectivity index (χ3v) is 8.22. The van der Waals surface area contributed by atoms with Crippen LogP contribution in [0.5, 0.6) is 5.75 Å². The number of aryl methyl sites for hydroxylation is 2. The average Bonchev–Trinajstić information content (AvgIpc) is 3.52. The lowest BCUT2D eigenvalue weighted by molar-refractivity contribution is -0.122. The number of aromatic nitrogens is 3. The number of pyridine rings is 1. The molecule has 1 aliphatic rings. The van der Waals surface area contributed by atoms with Gasteiger partial charge in [0.15, 0.2) is 5.65 Å². The number of fused-ring (bicyclic) bond motifs is 1. The molecule has 3 heterocycles. The highest BCUT2D eigenvalue weighted by Gasteiger charge is 2.34. The van der Waals surface area contributed by atoms with Gasteiger partial charge < -0.3 is 10.1 Å².